The van der Waals surface area contributed by atoms with Gasteiger partial charge in [-0.1, -0.05) is 6.92 Å². The van der Waals surface area contributed by atoms with Crippen molar-refractivity contribution in [2.24, 2.45) is 0 Å². The minimum atomic E-state index is -0.410. The Bertz CT molecular complexity index is 417. The maximum absolute atomic E-state index is 13.7. The van der Waals surface area contributed by atoms with E-state index in [-0.39, 0.29) is 4.47 Å². The molecule has 0 bridgehead atoms. The molecule has 0 radical (unpaired) electrons. The van der Waals surface area contributed by atoms with Crippen LogP contribution in [0.2, 0.25) is 0 Å². The van der Waals surface area contributed by atoms with Gasteiger partial charge >= 0.3 is 0 Å². The van der Waals surface area contributed by atoms with Crippen LogP contribution in [0, 0.1) is 17.1 Å². The van der Waals surface area contributed by atoms with E-state index in [9.17, 15) is 4.39 Å². The molecule has 0 aliphatic rings. The zero-order chi connectivity index (χ0) is 12.1. The van der Waals surface area contributed by atoms with Crippen molar-refractivity contribution in [3.05, 3.63) is 28.0 Å². The highest BCUT2D eigenvalue weighted by atomic mass is 79.9. The van der Waals surface area contributed by atoms with Crippen LogP contribution < -0.4 is 5.32 Å². The summed E-state index contributed by atoms with van der Waals surface area (Å²) in [6.45, 7) is 2.75. The second-order valence-electron chi connectivity index (χ2n) is 3.33. The fourth-order valence-electron chi connectivity index (χ4n) is 1.11. The maximum Gasteiger partial charge on any atom is 0.161 e. The Labute approximate surface area is 107 Å². The fourth-order valence-corrected chi connectivity index (χ4v) is 1.79. The minimum Gasteiger partial charge on any atom is -0.382 e. The third-order valence-corrected chi connectivity index (χ3v) is 3.93. The first-order valence-electron chi connectivity index (χ1n) is 4.75. The van der Waals surface area contributed by atoms with Crippen molar-refractivity contribution in [2.75, 3.05) is 18.1 Å². The summed E-state index contributed by atoms with van der Waals surface area (Å²) in [6.07, 6.45) is 2.01. The fraction of sp³-hybridized carbons (Fsp3) is 0.364. The van der Waals surface area contributed by atoms with Gasteiger partial charge in [0.15, 0.2) is 5.82 Å². The summed E-state index contributed by atoms with van der Waals surface area (Å²) in [5.41, 5.74) is 0.729. The first-order chi connectivity index (χ1) is 7.60. The van der Waals surface area contributed by atoms with Gasteiger partial charge in [0.1, 0.15) is 6.07 Å². The third-order valence-electron chi connectivity index (χ3n) is 2.19. The summed E-state index contributed by atoms with van der Waals surface area (Å²) < 4.78 is 14.0. The molecular weight excluding hydrogens is 291 g/mol. The van der Waals surface area contributed by atoms with Gasteiger partial charge in [0.25, 0.3) is 0 Å². The van der Waals surface area contributed by atoms with E-state index in [0.717, 1.165) is 0 Å². The van der Waals surface area contributed by atoms with Crippen LogP contribution in [0.4, 0.5) is 10.1 Å². The Balaban J connectivity index is 2.84. The zero-order valence-corrected chi connectivity index (χ0v) is 11.5. The lowest BCUT2D eigenvalue weighted by Crippen LogP contribution is -2.13. The van der Waals surface area contributed by atoms with Gasteiger partial charge in [-0.05, 0) is 34.3 Å². The van der Waals surface area contributed by atoms with Crippen molar-refractivity contribution in [3.8, 4) is 6.07 Å². The molecule has 2 nitrogen and oxygen atoms in total. The summed E-state index contributed by atoms with van der Waals surface area (Å²) in [4.78, 5) is 0. The van der Waals surface area contributed by atoms with Crippen molar-refractivity contribution >= 4 is 33.4 Å². The van der Waals surface area contributed by atoms with E-state index in [1.165, 1.54) is 0 Å². The van der Waals surface area contributed by atoms with Crippen molar-refractivity contribution in [3.63, 3.8) is 0 Å². The van der Waals surface area contributed by atoms with Crippen LogP contribution in [0.15, 0.2) is 16.6 Å². The largest absolute Gasteiger partial charge is 0.382 e. The highest BCUT2D eigenvalue weighted by molar-refractivity contribution is 9.10. The van der Waals surface area contributed by atoms with E-state index in [4.69, 9.17) is 5.26 Å². The van der Waals surface area contributed by atoms with Gasteiger partial charge in [0.05, 0.1) is 15.7 Å². The second-order valence-corrected chi connectivity index (χ2v) is 5.40. The molecule has 0 aliphatic heterocycles. The van der Waals surface area contributed by atoms with E-state index in [1.54, 1.807) is 23.9 Å². The Morgan fingerprint density at radius 1 is 1.62 bits per heavy atom. The van der Waals surface area contributed by atoms with Crippen molar-refractivity contribution in [2.45, 2.75) is 12.2 Å². The Kier molecular flexibility index (Phi) is 5.10. The zero-order valence-electron chi connectivity index (χ0n) is 9.05. The van der Waals surface area contributed by atoms with E-state index >= 15 is 0 Å². The lowest BCUT2D eigenvalue weighted by atomic mass is 10.2. The summed E-state index contributed by atoms with van der Waals surface area (Å²) in [5, 5.41) is 12.2. The lowest BCUT2D eigenvalue weighted by Gasteiger charge is -2.12. The Hall–Kier alpha value is -0.730. The molecule has 1 aromatic carbocycles. The van der Waals surface area contributed by atoms with E-state index in [0.29, 0.717) is 23.0 Å². The Morgan fingerprint density at radius 3 is 2.88 bits per heavy atom. The van der Waals surface area contributed by atoms with Crippen LogP contribution in [0.25, 0.3) is 0 Å². The molecule has 86 valence electrons. The molecule has 1 atom stereocenters. The van der Waals surface area contributed by atoms with Crippen molar-refractivity contribution in [1.29, 1.82) is 5.26 Å². The average Bonchev–Trinajstić information content (AvgIpc) is 2.30. The number of nitrogens with one attached hydrogen (secondary N) is 1. The van der Waals surface area contributed by atoms with Crippen LogP contribution in [-0.4, -0.2) is 18.1 Å². The summed E-state index contributed by atoms with van der Waals surface area (Å²) in [5.74, 6) is -0.410. The van der Waals surface area contributed by atoms with Gasteiger partial charge in [-0.2, -0.15) is 17.0 Å². The third kappa shape index (κ3) is 3.13. The predicted molar refractivity (Wildman–Crippen MR) is 70.3 cm³/mol. The van der Waals surface area contributed by atoms with Crippen LogP contribution in [0.3, 0.4) is 0 Å². The SMILES string of the molecule is CSC(C)CNc1ccc(C#N)c(Br)c1F. The molecular formula is C11H12BrFN2S. The minimum absolute atomic E-state index is 0.219. The van der Waals surface area contributed by atoms with E-state index in [1.807, 2.05) is 12.3 Å². The molecule has 0 aromatic heterocycles. The highest BCUT2D eigenvalue weighted by Crippen LogP contribution is 2.26. The molecule has 1 rings (SSSR count). The van der Waals surface area contributed by atoms with Crippen LogP contribution >= 0.6 is 27.7 Å². The predicted octanol–water partition coefficient (Wildman–Crippen LogP) is 3.62. The molecule has 5 heteroatoms. The van der Waals surface area contributed by atoms with Gasteiger partial charge in [-0.15, -0.1) is 0 Å². The van der Waals surface area contributed by atoms with Crippen molar-refractivity contribution in [1.82, 2.24) is 0 Å². The molecule has 1 N–H and O–H groups in total. The van der Waals surface area contributed by atoms with Gasteiger partial charge in [-0.25, -0.2) is 4.39 Å². The van der Waals surface area contributed by atoms with Crippen molar-refractivity contribution < 1.29 is 4.39 Å². The molecule has 0 fully saturated rings. The average molecular weight is 303 g/mol. The molecule has 0 amide bonds. The second kappa shape index (κ2) is 6.12. The summed E-state index contributed by atoms with van der Waals surface area (Å²) in [6, 6.07) is 5.11. The van der Waals surface area contributed by atoms with Gasteiger partial charge < -0.3 is 5.32 Å². The quantitative estimate of drug-likeness (QED) is 0.922. The number of benzene rings is 1. The molecule has 0 heterocycles. The van der Waals surface area contributed by atoms with Crippen LogP contribution in [0.5, 0.6) is 0 Å². The van der Waals surface area contributed by atoms with E-state index in [2.05, 4.69) is 28.2 Å². The first-order valence-corrected chi connectivity index (χ1v) is 6.83. The molecule has 16 heavy (non-hydrogen) atoms. The standard InChI is InChI=1S/C11H12BrFN2S/c1-7(16-2)6-15-9-4-3-8(5-14)10(12)11(9)13/h3-4,7,15H,6H2,1-2H3. The van der Waals surface area contributed by atoms with Gasteiger partial charge in [0.2, 0.25) is 0 Å². The number of nitriles is 1. The number of thioether (sulfide) groups is 1. The highest BCUT2D eigenvalue weighted by Gasteiger charge is 2.11. The number of hydrogen-bond donors (Lipinski definition) is 1. The number of anilines is 1. The maximum atomic E-state index is 13.7. The molecule has 1 unspecified atom stereocenters. The number of rotatable bonds is 4. The Morgan fingerprint density at radius 2 is 2.31 bits per heavy atom. The van der Waals surface area contributed by atoms with Gasteiger partial charge in [0, 0.05) is 11.8 Å². The molecule has 0 spiro atoms. The number of halogens is 2. The van der Waals surface area contributed by atoms with Gasteiger partial charge in [-0.3, -0.25) is 0 Å². The number of nitrogens with zero attached hydrogens (tertiary/aromatic N) is 1. The topological polar surface area (TPSA) is 35.8 Å². The van der Waals surface area contributed by atoms with Crippen LogP contribution in [-0.2, 0) is 0 Å². The summed E-state index contributed by atoms with van der Waals surface area (Å²) in [7, 11) is 0. The lowest BCUT2D eigenvalue weighted by molar-refractivity contribution is 0.623. The molecule has 0 saturated carbocycles. The first kappa shape index (κ1) is 13.3. The monoisotopic (exact) mass is 302 g/mol. The van der Waals surface area contributed by atoms with E-state index < -0.39 is 5.82 Å². The normalized spacial score (nSPS) is 11.9. The number of hydrogen-bond acceptors (Lipinski definition) is 3. The van der Waals surface area contributed by atoms with Crippen LogP contribution in [0.1, 0.15) is 12.5 Å². The molecule has 0 aliphatic carbocycles. The molecule has 0 saturated heterocycles. The smallest absolute Gasteiger partial charge is 0.161 e. The molecule has 1 aromatic rings. The summed E-state index contributed by atoms with van der Waals surface area (Å²) >= 11 is 4.79.